The van der Waals surface area contributed by atoms with Crippen molar-refractivity contribution in [3.05, 3.63) is 57.0 Å². The summed E-state index contributed by atoms with van der Waals surface area (Å²) in [6, 6.07) is 12.5. The van der Waals surface area contributed by atoms with Crippen LogP contribution in [-0.4, -0.2) is 13.2 Å². The Morgan fingerprint density at radius 1 is 1.09 bits per heavy atom. The van der Waals surface area contributed by atoms with E-state index in [9.17, 15) is 0 Å². The standard InChI is InChI=1S/C27H33BrClNO2/c1-17(27-12-18-7-19(13-27)9-20(8-18)14-27)30-15-21-10-23(28)26(25(11-21)31-2)32-16-22-5-3-4-6-24(22)29/h3-6,10-11,17-20,30H,7-9,12-16H2,1-2H3/t17-,18?,19?,20?,27?/m0/s1. The Bertz CT molecular complexity index is 943. The minimum absolute atomic E-state index is 0.398. The van der Waals surface area contributed by atoms with E-state index in [-0.39, 0.29) is 0 Å². The molecule has 0 spiro atoms. The molecule has 4 aliphatic rings. The molecule has 2 aromatic carbocycles. The highest BCUT2D eigenvalue weighted by Gasteiger charge is 2.52. The molecule has 2 aromatic rings. The van der Waals surface area contributed by atoms with Gasteiger partial charge in [-0.3, -0.25) is 0 Å². The van der Waals surface area contributed by atoms with Gasteiger partial charge in [0.15, 0.2) is 11.5 Å². The number of nitrogens with one attached hydrogen (secondary N) is 1. The van der Waals surface area contributed by atoms with E-state index in [1.165, 1.54) is 44.1 Å². The number of ether oxygens (including phenoxy) is 2. The van der Waals surface area contributed by atoms with Crippen molar-refractivity contribution in [2.75, 3.05) is 7.11 Å². The van der Waals surface area contributed by atoms with E-state index in [1.54, 1.807) is 7.11 Å². The number of methoxy groups -OCH3 is 1. The molecule has 1 atom stereocenters. The lowest BCUT2D eigenvalue weighted by molar-refractivity contribution is -0.0706. The highest BCUT2D eigenvalue weighted by Crippen LogP contribution is 2.61. The predicted molar refractivity (Wildman–Crippen MR) is 133 cm³/mol. The number of hydrogen-bond donors (Lipinski definition) is 1. The molecule has 3 nitrogen and oxygen atoms in total. The summed E-state index contributed by atoms with van der Waals surface area (Å²) in [5.74, 6) is 4.40. The minimum atomic E-state index is 0.398. The highest BCUT2D eigenvalue weighted by molar-refractivity contribution is 9.10. The first-order chi connectivity index (χ1) is 15.5. The van der Waals surface area contributed by atoms with Gasteiger partial charge in [-0.15, -0.1) is 0 Å². The Morgan fingerprint density at radius 3 is 2.38 bits per heavy atom. The second-order valence-corrected chi connectivity index (χ2v) is 11.6. The number of rotatable bonds is 8. The lowest BCUT2D eigenvalue weighted by Gasteiger charge is -2.59. The Morgan fingerprint density at radius 2 is 1.75 bits per heavy atom. The Hall–Kier alpha value is -1.23. The molecule has 32 heavy (non-hydrogen) atoms. The monoisotopic (exact) mass is 517 g/mol. The molecular weight excluding hydrogens is 486 g/mol. The molecule has 4 aliphatic carbocycles. The summed E-state index contributed by atoms with van der Waals surface area (Å²) in [5.41, 5.74) is 2.67. The molecule has 0 radical (unpaired) electrons. The van der Waals surface area contributed by atoms with E-state index in [4.69, 9.17) is 21.1 Å². The minimum Gasteiger partial charge on any atom is -0.493 e. The van der Waals surface area contributed by atoms with E-state index < -0.39 is 0 Å². The Labute approximate surface area is 205 Å². The fraction of sp³-hybridized carbons (Fsp3) is 0.556. The van der Waals surface area contributed by atoms with Crippen LogP contribution in [0.1, 0.15) is 56.6 Å². The van der Waals surface area contributed by atoms with Crippen molar-refractivity contribution in [1.29, 1.82) is 0 Å². The van der Waals surface area contributed by atoms with Gasteiger partial charge in [-0.1, -0.05) is 29.8 Å². The van der Waals surface area contributed by atoms with Crippen molar-refractivity contribution < 1.29 is 9.47 Å². The number of benzene rings is 2. The van der Waals surface area contributed by atoms with Crippen molar-refractivity contribution in [1.82, 2.24) is 5.32 Å². The van der Waals surface area contributed by atoms with Crippen LogP contribution in [0.4, 0.5) is 0 Å². The molecule has 4 fully saturated rings. The highest BCUT2D eigenvalue weighted by atomic mass is 79.9. The van der Waals surface area contributed by atoms with Crippen LogP contribution in [0.15, 0.2) is 40.9 Å². The summed E-state index contributed by atoms with van der Waals surface area (Å²) in [6.45, 7) is 3.65. The van der Waals surface area contributed by atoms with Crippen LogP contribution in [0.25, 0.3) is 0 Å². The summed E-state index contributed by atoms with van der Waals surface area (Å²) in [7, 11) is 1.69. The largest absolute Gasteiger partial charge is 0.493 e. The first kappa shape index (κ1) is 22.6. The van der Waals surface area contributed by atoms with Gasteiger partial charge < -0.3 is 14.8 Å². The number of hydrogen-bond acceptors (Lipinski definition) is 3. The maximum Gasteiger partial charge on any atom is 0.175 e. The van der Waals surface area contributed by atoms with Gasteiger partial charge in [0.25, 0.3) is 0 Å². The normalized spacial score (nSPS) is 29.2. The van der Waals surface area contributed by atoms with Gasteiger partial charge in [0, 0.05) is 23.2 Å². The zero-order valence-electron chi connectivity index (χ0n) is 19.0. The smallest absolute Gasteiger partial charge is 0.175 e. The van der Waals surface area contributed by atoms with E-state index in [1.807, 2.05) is 24.3 Å². The lowest BCUT2D eigenvalue weighted by Crippen LogP contribution is -2.54. The Balaban J connectivity index is 1.25. The van der Waals surface area contributed by atoms with Crippen molar-refractivity contribution in [2.24, 2.45) is 23.2 Å². The third-order valence-electron chi connectivity index (χ3n) is 8.24. The van der Waals surface area contributed by atoms with Crippen LogP contribution < -0.4 is 14.8 Å². The molecule has 5 heteroatoms. The second-order valence-electron chi connectivity index (χ2n) is 10.4. The van der Waals surface area contributed by atoms with Crippen molar-refractivity contribution in [3.8, 4) is 11.5 Å². The molecule has 0 aliphatic heterocycles. The van der Waals surface area contributed by atoms with Gasteiger partial charge in [-0.05, 0) is 108 Å². The van der Waals surface area contributed by atoms with Crippen molar-refractivity contribution in [3.63, 3.8) is 0 Å². The SMILES string of the molecule is COc1cc(CN[C@@H](C)C23CC4CC(CC(C4)C2)C3)cc(Br)c1OCc1ccccc1Cl. The molecule has 0 aromatic heterocycles. The van der Waals surface area contributed by atoms with Gasteiger partial charge >= 0.3 is 0 Å². The molecule has 0 heterocycles. The van der Waals surface area contributed by atoms with Gasteiger partial charge in [0.05, 0.1) is 11.6 Å². The second kappa shape index (κ2) is 9.19. The van der Waals surface area contributed by atoms with Crippen LogP contribution >= 0.6 is 27.5 Å². The summed E-state index contributed by atoms with van der Waals surface area (Å²) in [4.78, 5) is 0. The van der Waals surface area contributed by atoms with Crippen LogP contribution in [0.3, 0.4) is 0 Å². The first-order valence-corrected chi connectivity index (χ1v) is 13.1. The van der Waals surface area contributed by atoms with Crippen LogP contribution in [0, 0.1) is 23.2 Å². The van der Waals surface area contributed by atoms with E-state index in [0.717, 1.165) is 40.1 Å². The van der Waals surface area contributed by atoms with Crippen molar-refractivity contribution >= 4 is 27.5 Å². The molecular formula is C27H33BrClNO2. The van der Waals surface area contributed by atoms with Crippen LogP contribution in [0.5, 0.6) is 11.5 Å². The third kappa shape index (κ3) is 4.43. The molecule has 0 unspecified atom stereocenters. The molecule has 172 valence electrons. The maximum absolute atomic E-state index is 6.28. The van der Waals surface area contributed by atoms with Crippen LogP contribution in [-0.2, 0) is 13.2 Å². The maximum atomic E-state index is 6.28. The quantitative estimate of drug-likeness (QED) is 0.395. The molecule has 1 N–H and O–H groups in total. The van der Waals surface area contributed by atoms with Crippen molar-refractivity contribution in [2.45, 2.75) is 64.6 Å². The average molecular weight is 519 g/mol. The first-order valence-electron chi connectivity index (χ1n) is 11.9. The lowest BCUT2D eigenvalue weighted by atomic mass is 9.48. The average Bonchev–Trinajstić information content (AvgIpc) is 2.76. The fourth-order valence-electron chi connectivity index (χ4n) is 6.98. The van der Waals surface area contributed by atoms with Crippen LogP contribution in [0.2, 0.25) is 5.02 Å². The molecule has 4 saturated carbocycles. The Kier molecular flexibility index (Phi) is 6.48. The van der Waals surface area contributed by atoms with Gasteiger partial charge in [0.1, 0.15) is 6.61 Å². The van der Waals surface area contributed by atoms with E-state index in [0.29, 0.717) is 28.8 Å². The summed E-state index contributed by atoms with van der Waals surface area (Å²) in [6.07, 6.45) is 8.75. The summed E-state index contributed by atoms with van der Waals surface area (Å²) >= 11 is 9.98. The fourth-order valence-corrected chi connectivity index (χ4v) is 7.77. The van der Waals surface area contributed by atoms with Gasteiger partial charge in [0.2, 0.25) is 0 Å². The van der Waals surface area contributed by atoms with E-state index in [2.05, 4.69) is 40.3 Å². The zero-order valence-corrected chi connectivity index (χ0v) is 21.3. The number of halogens is 2. The molecule has 6 rings (SSSR count). The zero-order chi connectivity index (χ0) is 22.3. The predicted octanol–water partition coefficient (Wildman–Crippen LogP) is 7.38. The molecule has 4 bridgehead atoms. The van der Waals surface area contributed by atoms with Gasteiger partial charge in [-0.25, -0.2) is 0 Å². The summed E-state index contributed by atoms with van der Waals surface area (Å²) in [5, 5.41) is 4.59. The summed E-state index contributed by atoms with van der Waals surface area (Å²) < 4.78 is 12.7. The molecule has 0 saturated heterocycles. The van der Waals surface area contributed by atoms with Gasteiger partial charge in [-0.2, -0.15) is 0 Å². The third-order valence-corrected chi connectivity index (χ3v) is 9.19. The topological polar surface area (TPSA) is 30.5 Å². The molecule has 0 amide bonds. The van der Waals surface area contributed by atoms with E-state index >= 15 is 0 Å².